The fourth-order valence-electron chi connectivity index (χ4n) is 2.17. The van der Waals surface area contributed by atoms with E-state index in [1.54, 1.807) is 18.3 Å². The molecule has 1 aromatic rings. The van der Waals surface area contributed by atoms with Crippen LogP contribution in [0.1, 0.15) is 25.3 Å². The van der Waals surface area contributed by atoms with E-state index >= 15 is 0 Å². The molecule has 1 unspecified atom stereocenters. The lowest BCUT2D eigenvalue weighted by Crippen LogP contribution is -2.46. The number of amidine groups is 1. The zero-order valence-electron chi connectivity index (χ0n) is 9.98. The molecule has 1 atom stereocenters. The van der Waals surface area contributed by atoms with Gasteiger partial charge < -0.3 is 15.7 Å². The van der Waals surface area contributed by atoms with Gasteiger partial charge in [0.15, 0.2) is 0 Å². The Hall–Kier alpha value is -1.62. The number of nitrogen functional groups attached to an aromatic ring is 1. The van der Waals surface area contributed by atoms with Crippen LogP contribution in [0.4, 0.5) is 5.82 Å². The number of nitrogens with zero attached hydrogens (tertiary/aromatic N) is 2. The number of aromatic nitrogens is 1. The fourth-order valence-corrected chi connectivity index (χ4v) is 2.17. The Morgan fingerprint density at radius 2 is 2.41 bits per heavy atom. The number of piperidine rings is 1. The van der Waals surface area contributed by atoms with Gasteiger partial charge in [-0.05, 0) is 31.9 Å². The van der Waals surface area contributed by atoms with Crippen LogP contribution >= 0.6 is 0 Å². The maximum Gasteiger partial charge on any atom is 0.129 e. The summed E-state index contributed by atoms with van der Waals surface area (Å²) in [5.74, 6) is 0.815. The lowest BCUT2D eigenvalue weighted by Gasteiger charge is -2.37. The average molecular weight is 234 g/mol. The Bertz CT molecular complexity index is 430. The van der Waals surface area contributed by atoms with E-state index in [9.17, 15) is 5.11 Å². The normalized spacial score (nSPS) is 24.7. The molecular formula is C12H18N4O. The Labute approximate surface area is 101 Å². The molecule has 4 N–H and O–H groups in total. The van der Waals surface area contributed by atoms with E-state index < -0.39 is 5.60 Å². The van der Waals surface area contributed by atoms with Crippen LogP contribution < -0.4 is 10.6 Å². The molecule has 1 aromatic heterocycles. The van der Waals surface area contributed by atoms with Crippen molar-refractivity contribution in [3.63, 3.8) is 0 Å². The molecule has 2 heterocycles. The van der Waals surface area contributed by atoms with Crippen molar-refractivity contribution in [3.8, 4) is 0 Å². The van der Waals surface area contributed by atoms with Gasteiger partial charge in [0.05, 0.1) is 5.60 Å². The zero-order valence-corrected chi connectivity index (χ0v) is 9.98. The molecule has 1 saturated heterocycles. The van der Waals surface area contributed by atoms with Gasteiger partial charge in [0.25, 0.3) is 0 Å². The van der Waals surface area contributed by atoms with E-state index in [2.05, 4.69) is 4.98 Å². The number of nitrogens with one attached hydrogen (secondary N) is 1. The summed E-state index contributed by atoms with van der Waals surface area (Å²) in [5, 5.41) is 17.5. The van der Waals surface area contributed by atoms with Crippen LogP contribution in [0, 0.1) is 5.41 Å². The molecule has 1 aliphatic heterocycles. The summed E-state index contributed by atoms with van der Waals surface area (Å²) >= 11 is 0. The predicted octanol–water partition coefficient (Wildman–Crippen LogP) is 0.717. The molecule has 92 valence electrons. The van der Waals surface area contributed by atoms with Gasteiger partial charge in [0, 0.05) is 24.8 Å². The number of rotatable bonds is 2. The van der Waals surface area contributed by atoms with E-state index in [4.69, 9.17) is 11.1 Å². The molecule has 1 fully saturated rings. The van der Waals surface area contributed by atoms with Gasteiger partial charge in [-0.2, -0.15) is 0 Å². The number of anilines is 1. The highest BCUT2D eigenvalue weighted by Crippen LogP contribution is 2.24. The van der Waals surface area contributed by atoms with Crippen LogP contribution in [0.3, 0.4) is 0 Å². The Balaban J connectivity index is 2.22. The summed E-state index contributed by atoms with van der Waals surface area (Å²) in [6.45, 7) is 3.29. The second kappa shape index (κ2) is 4.33. The lowest BCUT2D eigenvalue weighted by molar-refractivity contribution is 0.0447. The number of pyridine rings is 1. The van der Waals surface area contributed by atoms with Crippen LogP contribution in [-0.4, -0.2) is 34.6 Å². The molecule has 0 radical (unpaired) electrons. The number of hydrogen-bond acceptors (Lipinski definition) is 4. The number of β-amino-alcohol motifs (C(OH)–C–C–N with tert-alkyl or cyclic N) is 1. The minimum atomic E-state index is -0.661. The Morgan fingerprint density at radius 1 is 1.65 bits per heavy atom. The first-order chi connectivity index (χ1) is 7.98. The third-order valence-electron chi connectivity index (χ3n) is 3.06. The summed E-state index contributed by atoms with van der Waals surface area (Å²) in [6.07, 6.45) is 3.41. The number of aliphatic hydroxyl groups is 1. The molecule has 5 nitrogen and oxygen atoms in total. The van der Waals surface area contributed by atoms with Gasteiger partial charge in [-0.3, -0.25) is 5.41 Å². The number of hydrogen-bond donors (Lipinski definition) is 3. The van der Waals surface area contributed by atoms with Crippen molar-refractivity contribution >= 4 is 11.7 Å². The molecule has 0 aromatic carbocycles. The molecule has 17 heavy (non-hydrogen) atoms. The van der Waals surface area contributed by atoms with Gasteiger partial charge in [0.1, 0.15) is 11.7 Å². The summed E-state index contributed by atoms with van der Waals surface area (Å²) in [7, 11) is 0. The van der Waals surface area contributed by atoms with Crippen molar-refractivity contribution in [1.29, 1.82) is 5.41 Å². The van der Waals surface area contributed by atoms with E-state index in [1.807, 2.05) is 11.8 Å². The van der Waals surface area contributed by atoms with Crippen LogP contribution in [0.15, 0.2) is 18.3 Å². The predicted molar refractivity (Wildman–Crippen MR) is 67.3 cm³/mol. The van der Waals surface area contributed by atoms with Crippen LogP contribution in [0.5, 0.6) is 0 Å². The van der Waals surface area contributed by atoms with Gasteiger partial charge in [0.2, 0.25) is 0 Å². The third kappa shape index (κ3) is 2.74. The monoisotopic (exact) mass is 234 g/mol. The quantitative estimate of drug-likeness (QED) is 0.520. The van der Waals surface area contributed by atoms with Gasteiger partial charge in [-0.25, -0.2) is 4.98 Å². The topological polar surface area (TPSA) is 86.2 Å². The molecule has 0 spiro atoms. The summed E-state index contributed by atoms with van der Waals surface area (Å²) in [6, 6.07) is 3.51. The van der Waals surface area contributed by atoms with E-state index in [1.165, 1.54) is 0 Å². The smallest absolute Gasteiger partial charge is 0.129 e. The third-order valence-corrected chi connectivity index (χ3v) is 3.06. The Morgan fingerprint density at radius 3 is 3.06 bits per heavy atom. The highest BCUT2D eigenvalue weighted by Gasteiger charge is 2.29. The van der Waals surface area contributed by atoms with Crippen LogP contribution in [0.2, 0.25) is 0 Å². The molecule has 0 aliphatic carbocycles. The molecule has 5 heteroatoms. The second-order valence-electron chi connectivity index (χ2n) is 4.84. The first-order valence-corrected chi connectivity index (χ1v) is 5.76. The highest BCUT2D eigenvalue weighted by molar-refractivity contribution is 5.95. The highest BCUT2D eigenvalue weighted by atomic mass is 16.3. The van der Waals surface area contributed by atoms with Crippen molar-refractivity contribution in [2.24, 2.45) is 5.73 Å². The number of nitrogens with two attached hydrogens (primary N) is 1. The van der Waals surface area contributed by atoms with E-state index in [-0.39, 0.29) is 5.84 Å². The van der Waals surface area contributed by atoms with Gasteiger partial charge in [-0.1, -0.05) is 0 Å². The van der Waals surface area contributed by atoms with Crippen LogP contribution in [0.25, 0.3) is 0 Å². The van der Waals surface area contributed by atoms with Gasteiger partial charge in [-0.15, -0.1) is 0 Å². The molecule has 0 bridgehead atoms. The SMILES string of the molecule is CC1(O)CCCN(c2cc(C(=N)N)ccn2)C1. The average Bonchev–Trinajstić information content (AvgIpc) is 2.28. The first-order valence-electron chi connectivity index (χ1n) is 5.76. The van der Waals surface area contributed by atoms with Crippen molar-refractivity contribution in [1.82, 2.24) is 4.98 Å². The second-order valence-corrected chi connectivity index (χ2v) is 4.84. The minimum absolute atomic E-state index is 0.0393. The van der Waals surface area contributed by atoms with Crippen molar-refractivity contribution in [2.45, 2.75) is 25.4 Å². The van der Waals surface area contributed by atoms with Crippen molar-refractivity contribution < 1.29 is 5.11 Å². The van der Waals surface area contributed by atoms with Crippen molar-refractivity contribution in [3.05, 3.63) is 23.9 Å². The molecule has 0 saturated carbocycles. The Kier molecular flexibility index (Phi) is 3.02. The van der Waals surface area contributed by atoms with E-state index in [0.717, 1.165) is 25.2 Å². The summed E-state index contributed by atoms with van der Waals surface area (Å²) in [4.78, 5) is 6.31. The maximum atomic E-state index is 10.0. The zero-order chi connectivity index (χ0) is 12.5. The van der Waals surface area contributed by atoms with Crippen molar-refractivity contribution in [2.75, 3.05) is 18.0 Å². The molecule has 1 aliphatic rings. The van der Waals surface area contributed by atoms with Gasteiger partial charge >= 0.3 is 0 Å². The minimum Gasteiger partial charge on any atom is -0.388 e. The fraction of sp³-hybridized carbons (Fsp3) is 0.500. The standard InChI is InChI=1S/C12H18N4O/c1-12(17)4-2-6-16(8-12)10-7-9(11(13)14)3-5-15-10/h3,5,7,17H,2,4,6,8H2,1H3,(H3,13,14). The molecule has 0 amide bonds. The summed E-state index contributed by atoms with van der Waals surface area (Å²) < 4.78 is 0. The largest absolute Gasteiger partial charge is 0.388 e. The molecular weight excluding hydrogens is 216 g/mol. The maximum absolute atomic E-state index is 10.0. The molecule has 2 rings (SSSR count). The summed E-state index contributed by atoms with van der Waals surface area (Å²) in [5.41, 5.74) is 5.46. The van der Waals surface area contributed by atoms with E-state index in [0.29, 0.717) is 12.1 Å². The first kappa shape index (κ1) is 11.9. The lowest BCUT2D eigenvalue weighted by atomic mass is 9.95. The van der Waals surface area contributed by atoms with Crippen LogP contribution in [-0.2, 0) is 0 Å².